The van der Waals surface area contributed by atoms with E-state index in [1.54, 1.807) is 12.1 Å². The van der Waals surface area contributed by atoms with Crippen LogP contribution in [0.2, 0.25) is 0 Å². The van der Waals surface area contributed by atoms with Crippen molar-refractivity contribution in [3.05, 3.63) is 52.1 Å². The molecular weight excluding hydrogens is 580 g/mol. The number of unbranched alkanes of at least 4 members (excludes halogenated alkanes) is 9. The topological polar surface area (TPSA) is 239 Å². The van der Waals surface area contributed by atoms with Gasteiger partial charge < -0.3 is 32.3 Å². The van der Waals surface area contributed by atoms with Crippen LogP contribution in [-0.4, -0.2) is 60.6 Å². The Bertz CT molecular complexity index is 1400. The molecule has 3 rings (SSSR count). The zero-order valence-electron chi connectivity index (χ0n) is 25.9. The van der Waals surface area contributed by atoms with Gasteiger partial charge in [-0.2, -0.15) is 4.98 Å². The van der Waals surface area contributed by atoms with Gasteiger partial charge in [0.1, 0.15) is 6.04 Å². The Kier molecular flexibility index (Phi) is 16.6. The maximum Gasteiger partial charge on any atom is 0.326 e. The molecule has 2 aromatic heterocycles. The van der Waals surface area contributed by atoms with Gasteiger partial charge in [0.15, 0.2) is 11.2 Å². The van der Waals surface area contributed by atoms with E-state index in [9.17, 15) is 19.2 Å². The number of hydrogen-bond donors (Lipinski definition) is 7. The maximum absolute atomic E-state index is 12.3. The summed E-state index contributed by atoms with van der Waals surface area (Å²) < 4.78 is 0. The summed E-state index contributed by atoms with van der Waals surface area (Å²) in [4.78, 5) is 60.6. The summed E-state index contributed by atoms with van der Waals surface area (Å²) in [6, 6.07) is 4.86. The standard InChI is InChI=1S/C19H19N7O6.C12H27N/c20-19-25-15-14(17(30)26-19)23-11(8-22-15)7-21-10-3-1-9(2-4-10)16(29)24-12(18(31)32)5-6-13(27)28;1-2-3-4-5-6-7-8-9-10-11-12-13/h1-4,8,12,21H,5-7H2,(H,24,29)(H,27,28)(H,31,32)(H3,20,22,25,26,30);2-13H2,1H3. The average molecular weight is 627 g/mol. The molecule has 9 N–H and O–H groups in total. The van der Waals surface area contributed by atoms with Crippen molar-refractivity contribution in [2.24, 2.45) is 5.73 Å². The van der Waals surface area contributed by atoms with Crippen molar-refractivity contribution < 1.29 is 24.6 Å². The van der Waals surface area contributed by atoms with Crippen LogP contribution in [0.25, 0.3) is 11.2 Å². The van der Waals surface area contributed by atoms with Gasteiger partial charge in [-0.05, 0) is 43.7 Å². The number of nitrogens with zero attached hydrogens (tertiary/aromatic N) is 3. The van der Waals surface area contributed by atoms with Crippen LogP contribution in [0.4, 0.5) is 11.6 Å². The molecule has 1 aromatic carbocycles. The van der Waals surface area contributed by atoms with Gasteiger partial charge in [0.05, 0.1) is 18.4 Å². The van der Waals surface area contributed by atoms with Crippen molar-refractivity contribution in [1.82, 2.24) is 25.3 Å². The minimum atomic E-state index is -1.31. The summed E-state index contributed by atoms with van der Waals surface area (Å²) in [6.45, 7) is 3.37. The van der Waals surface area contributed by atoms with Crippen molar-refractivity contribution in [3.8, 4) is 0 Å². The second-order valence-corrected chi connectivity index (χ2v) is 10.7. The van der Waals surface area contributed by atoms with Crippen LogP contribution >= 0.6 is 0 Å². The van der Waals surface area contributed by atoms with Crippen LogP contribution in [0, 0.1) is 0 Å². The number of aromatic amines is 1. The number of nitrogens with one attached hydrogen (secondary N) is 3. The van der Waals surface area contributed by atoms with Gasteiger partial charge in [-0.1, -0.05) is 64.7 Å². The Morgan fingerprint density at radius 2 is 1.56 bits per heavy atom. The Labute approximate surface area is 262 Å². The number of fused-ring (bicyclic) bond motifs is 1. The SMILES string of the molecule is CCCCCCCCCCCCN.Nc1nc2ncc(CNc3ccc(C(=O)NC(CCC(=O)O)C(=O)O)cc3)nc2c(=O)[nH]1. The van der Waals surface area contributed by atoms with Gasteiger partial charge in [-0.3, -0.25) is 19.4 Å². The molecule has 14 nitrogen and oxygen atoms in total. The number of carboxylic acid groups (broad SMARTS) is 2. The van der Waals surface area contributed by atoms with Gasteiger partial charge >= 0.3 is 11.9 Å². The molecule has 1 atom stereocenters. The van der Waals surface area contributed by atoms with E-state index >= 15 is 0 Å². The molecule has 3 aromatic rings. The van der Waals surface area contributed by atoms with E-state index in [0.29, 0.717) is 11.4 Å². The highest BCUT2D eigenvalue weighted by Gasteiger charge is 2.21. The van der Waals surface area contributed by atoms with Gasteiger partial charge in [0.25, 0.3) is 11.5 Å². The largest absolute Gasteiger partial charge is 0.481 e. The Morgan fingerprint density at radius 1 is 0.933 bits per heavy atom. The summed E-state index contributed by atoms with van der Waals surface area (Å²) in [5.41, 5.74) is 11.9. The predicted octanol–water partition coefficient (Wildman–Crippen LogP) is 3.82. The highest BCUT2D eigenvalue weighted by molar-refractivity contribution is 5.96. The number of anilines is 2. The Balaban J connectivity index is 0.000000459. The molecule has 0 radical (unpaired) electrons. The minimum Gasteiger partial charge on any atom is -0.481 e. The molecule has 0 fully saturated rings. The number of rotatable bonds is 19. The molecule has 0 saturated heterocycles. The van der Waals surface area contributed by atoms with E-state index in [1.165, 1.54) is 82.5 Å². The van der Waals surface area contributed by atoms with Crippen LogP contribution in [-0.2, 0) is 16.1 Å². The molecule has 0 aliphatic rings. The molecule has 0 saturated carbocycles. The summed E-state index contributed by atoms with van der Waals surface area (Å²) in [6.07, 6.45) is 14.8. The van der Waals surface area contributed by atoms with E-state index in [2.05, 4.69) is 37.5 Å². The number of nitrogens with two attached hydrogens (primary N) is 2. The fraction of sp³-hybridized carbons (Fsp3) is 0.516. The molecular formula is C31H46N8O6. The number of hydrogen-bond acceptors (Lipinski definition) is 10. The first-order chi connectivity index (χ1) is 21.6. The quantitative estimate of drug-likeness (QED) is 0.0940. The zero-order valence-corrected chi connectivity index (χ0v) is 25.9. The monoisotopic (exact) mass is 626 g/mol. The van der Waals surface area contributed by atoms with E-state index in [1.807, 2.05) is 0 Å². The minimum absolute atomic E-state index is 0.0524. The smallest absolute Gasteiger partial charge is 0.326 e. The number of H-pyrrole nitrogens is 1. The predicted molar refractivity (Wildman–Crippen MR) is 173 cm³/mol. The Morgan fingerprint density at radius 3 is 2.13 bits per heavy atom. The van der Waals surface area contributed by atoms with E-state index in [-0.39, 0.29) is 42.1 Å². The molecule has 0 aliphatic carbocycles. The molecule has 246 valence electrons. The fourth-order valence-electron chi connectivity index (χ4n) is 4.39. The number of carbonyl (C=O) groups excluding carboxylic acids is 1. The zero-order chi connectivity index (χ0) is 33.0. The van der Waals surface area contributed by atoms with E-state index in [4.69, 9.17) is 21.7 Å². The molecule has 2 heterocycles. The summed E-state index contributed by atoms with van der Waals surface area (Å²) in [7, 11) is 0. The number of benzene rings is 1. The number of amides is 1. The second kappa shape index (κ2) is 20.4. The summed E-state index contributed by atoms with van der Waals surface area (Å²) in [5, 5.41) is 23.2. The molecule has 14 heteroatoms. The van der Waals surface area contributed by atoms with Gasteiger partial charge in [-0.15, -0.1) is 0 Å². The molecule has 0 bridgehead atoms. The first-order valence-electron chi connectivity index (χ1n) is 15.5. The van der Waals surface area contributed by atoms with Crippen molar-refractivity contribution in [2.75, 3.05) is 17.6 Å². The second-order valence-electron chi connectivity index (χ2n) is 10.7. The van der Waals surface area contributed by atoms with Gasteiger partial charge in [0, 0.05) is 17.7 Å². The maximum atomic E-state index is 12.3. The lowest BCUT2D eigenvalue weighted by atomic mass is 10.1. The number of nitrogen functional groups attached to an aromatic ring is 1. The van der Waals surface area contributed by atoms with Crippen LogP contribution < -0.4 is 27.7 Å². The van der Waals surface area contributed by atoms with Gasteiger partial charge in [0.2, 0.25) is 5.95 Å². The summed E-state index contributed by atoms with van der Waals surface area (Å²) >= 11 is 0. The van der Waals surface area contributed by atoms with E-state index < -0.39 is 29.4 Å². The third-order valence-electron chi connectivity index (χ3n) is 6.91. The van der Waals surface area contributed by atoms with Gasteiger partial charge in [-0.25, -0.2) is 14.8 Å². The number of aromatic nitrogens is 4. The first-order valence-corrected chi connectivity index (χ1v) is 15.5. The molecule has 0 aliphatic heterocycles. The van der Waals surface area contributed by atoms with Crippen LogP contribution in [0.5, 0.6) is 0 Å². The number of aliphatic carboxylic acids is 2. The van der Waals surface area contributed by atoms with Crippen molar-refractivity contribution in [2.45, 2.75) is 96.6 Å². The number of carbonyl (C=O) groups is 3. The summed E-state index contributed by atoms with van der Waals surface area (Å²) in [5.74, 6) is -3.16. The Hall–Kier alpha value is -4.59. The molecule has 1 amide bonds. The normalized spacial score (nSPS) is 11.3. The molecule has 0 spiro atoms. The third kappa shape index (κ3) is 14.2. The average Bonchev–Trinajstić information content (AvgIpc) is 3.01. The fourth-order valence-corrected chi connectivity index (χ4v) is 4.39. The molecule has 45 heavy (non-hydrogen) atoms. The van der Waals surface area contributed by atoms with Crippen LogP contribution in [0.3, 0.4) is 0 Å². The van der Waals surface area contributed by atoms with Crippen molar-refractivity contribution in [1.29, 1.82) is 0 Å². The number of carboxylic acids is 2. The first kappa shape index (κ1) is 36.6. The van der Waals surface area contributed by atoms with Crippen LogP contribution in [0.1, 0.15) is 100 Å². The lowest BCUT2D eigenvalue weighted by Crippen LogP contribution is -2.41. The van der Waals surface area contributed by atoms with E-state index in [0.717, 1.165) is 6.54 Å². The van der Waals surface area contributed by atoms with Crippen LogP contribution in [0.15, 0.2) is 35.3 Å². The van der Waals surface area contributed by atoms with Crippen molar-refractivity contribution in [3.63, 3.8) is 0 Å². The third-order valence-corrected chi connectivity index (χ3v) is 6.91. The van der Waals surface area contributed by atoms with Crippen molar-refractivity contribution >= 4 is 40.6 Å². The lowest BCUT2D eigenvalue weighted by Gasteiger charge is -2.14. The highest BCUT2D eigenvalue weighted by atomic mass is 16.4. The lowest BCUT2D eigenvalue weighted by molar-refractivity contribution is -0.140. The highest BCUT2D eigenvalue weighted by Crippen LogP contribution is 2.13. The molecule has 1 unspecified atom stereocenters.